The van der Waals surface area contributed by atoms with Gasteiger partial charge in [0.05, 0.1) is 20.3 Å². The van der Waals surface area contributed by atoms with Crippen LogP contribution in [0.3, 0.4) is 0 Å². The molecular formula is C16H25NO3. The largest absolute Gasteiger partial charge is 0.497 e. The molecule has 4 nitrogen and oxygen atoms in total. The Hall–Kier alpha value is -1.26. The monoisotopic (exact) mass is 279 g/mol. The van der Waals surface area contributed by atoms with Crippen molar-refractivity contribution in [2.24, 2.45) is 0 Å². The maximum absolute atomic E-state index is 5.70. The summed E-state index contributed by atoms with van der Waals surface area (Å²) in [7, 11) is 5.36. The Kier molecular flexibility index (Phi) is 5.68. The van der Waals surface area contributed by atoms with Crippen LogP contribution in [0.4, 0.5) is 0 Å². The summed E-state index contributed by atoms with van der Waals surface area (Å²) in [5, 5.41) is 3.38. The summed E-state index contributed by atoms with van der Waals surface area (Å²) in [6.07, 6.45) is 4.94. The fourth-order valence-electron chi connectivity index (χ4n) is 2.79. The quantitative estimate of drug-likeness (QED) is 0.833. The van der Waals surface area contributed by atoms with Crippen molar-refractivity contribution in [3.63, 3.8) is 0 Å². The third-order valence-electron chi connectivity index (χ3n) is 3.97. The van der Waals surface area contributed by atoms with Crippen molar-refractivity contribution in [2.75, 3.05) is 27.9 Å². The molecule has 1 N–H and O–H groups in total. The predicted octanol–water partition coefficient (Wildman–Crippen LogP) is 2.92. The predicted molar refractivity (Wildman–Crippen MR) is 79.6 cm³/mol. The number of rotatable bonds is 7. The second-order valence-corrected chi connectivity index (χ2v) is 5.16. The molecule has 2 rings (SSSR count). The van der Waals surface area contributed by atoms with Crippen molar-refractivity contribution in [2.45, 2.75) is 37.8 Å². The first-order chi connectivity index (χ1) is 9.78. The van der Waals surface area contributed by atoms with E-state index in [1.807, 2.05) is 19.2 Å². The van der Waals surface area contributed by atoms with Gasteiger partial charge in [-0.05, 0) is 38.8 Å². The first kappa shape index (κ1) is 15.1. The molecule has 0 aromatic heterocycles. The number of hydrogen-bond donors (Lipinski definition) is 1. The van der Waals surface area contributed by atoms with Crippen LogP contribution in [0.15, 0.2) is 18.2 Å². The summed E-state index contributed by atoms with van der Waals surface area (Å²) >= 11 is 0. The molecule has 0 spiro atoms. The van der Waals surface area contributed by atoms with Crippen LogP contribution in [0, 0.1) is 0 Å². The molecule has 0 amide bonds. The first-order valence-corrected chi connectivity index (χ1v) is 7.29. The van der Waals surface area contributed by atoms with Gasteiger partial charge in [-0.15, -0.1) is 0 Å². The van der Waals surface area contributed by atoms with Crippen molar-refractivity contribution in [3.8, 4) is 11.5 Å². The van der Waals surface area contributed by atoms with E-state index in [4.69, 9.17) is 14.2 Å². The molecule has 1 saturated heterocycles. The summed E-state index contributed by atoms with van der Waals surface area (Å²) < 4.78 is 16.4. The molecule has 4 heteroatoms. The number of benzene rings is 1. The van der Waals surface area contributed by atoms with Gasteiger partial charge in [-0.2, -0.15) is 0 Å². The van der Waals surface area contributed by atoms with Gasteiger partial charge in [0.2, 0.25) is 0 Å². The Labute approximate surface area is 121 Å². The van der Waals surface area contributed by atoms with Gasteiger partial charge in [0.1, 0.15) is 11.5 Å². The van der Waals surface area contributed by atoms with E-state index in [1.54, 1.807) is 14.2 Å². The maximum atomic E-state index is 5.70. The van der Waals surface area contributed by atoms with E-state index in [1.165, 1.54) is 18.4 Å². The fourth-order valence-corrected chi connectivity index (χ4v) is 2.79. The van der Waals surface area contributed by atoms with Crippen LogP contribution < -0.4 is 14.8 Å². The molecule has 1 aliphatic heterocycles. The molecule has 1 aromatic carbocycles. The van der Waals surface area contributed by atoms with Crippen LogP contribution in [-0.2, 0) is 4.74 Å². The Morgan fingerprint density at radius 1 is 1.35 bits per heavy atom. The lowest BCUT2D eigenvalue weighted by Crippen LogP contribution is -2.19. The van der Waals surface area contributed by atoms with E-state index >= 15 is 0 Å². The molecule has 1 fully saturated rings. The van der Waals surface area contributed by atoms with Gasteiger partial charge in [-0.25, -0.2) is 0 Å². The maximum Gasteiger partial charge on any atom is 0.127 e. The van der Waals surface area contributed by atoms with Gasteiger partial charge in [0.25, 0.3) is 0 Å². The zero-order valence-corrected chi connectivity index (χ0v) is 12.6. The molecule has 20 heavy (non-hydrogen) atoms. The Morgan fingerprint density at radius 3 is 2.80 bits per heavy atom. The first-order valence-electron chi connectivity index (χ1n) is 7.29. The lowest BCUT2D eigenvalue weighted by molar-refractivity contribution is 0.0997. The molecule has 0 saturated carbocycles. The van der Waals surface area contributed by atoms with E-state index in [2.05, 4.69) is 11.4 Å². The van der Waals surface area contributed by atoms with Crippen molar-refractivity contribution in [1.82, 2.24) is 5.32 Å². The highest BCUT2D eigenvalue weighted by Crippen LogP contribution is 2.32. The molecule has 2 unspecified atom stereocenters. The Bertz CT molecular complexity index is 416. The van der Waals surface area contributed by atoms with Crippen molar-refractivity contribution in [3.05, 3.63) is 23.8 Å². The van der Waals surface area contributed by atoms with Gasteiger partial charge in [-0.1, -0.05) is 6.07 Å². The molecule has 112 valence electrons. The molecular weight excluding hydrogens is 254 g/mol. The third kappa shape index (κ3) is 3.64. The van der Waals surface area contributed by atoms with E-state index < -0.39 is 0 Å². The summed E-state index contributed by atoms with van der Waals surface area (Å²) in [6.45, 7) is 0.917. The van der Waals surface area contributed by atoms with E-state index in [0.29, 0.717) is 6.10 Å². The molecule has 0 radical (unpaired) electrons. The molecule has 0 bridgehead atoms. The highest BCUT2D eigenvalue weighted by Gasteiger charge is 2.20. The zero-order valence-electron chi connectivity index (χ0n) is 12.6. The average molecular weight is 279 g/mol. The van der Waals surface area contributed by atoms with Gasteiger partial charge in [-0.3, -0.25) is 0 Å². The van der Waals surface area contributed by atoms with Crippen molar-refractivity contribution >= 4 is 0 Å². The number of methoxy groups -OCH3 is 2. The smallest absolute Gasteiger partial charge is 0.127 e. The van der Waals surface area contributed by atoms with E-state index in [-0.39, 0.29) is 6.04 Å². The van der Waals surface area contributed by atoms with Crippen LogP contribution in [0.2, 0.25) is 0 Å². The van der Waals surface area contributed by atoms with Gasteiger partial charge < -0.3 is 19.5 Å². The van der Waals surface area contributed by atoms with Crippen LogP contribution >= 0.6 is 0 Å². The standard InChI is InChI=1S/C16H25NO3/c1-17-15(9-7-12-5-4-10-20-12)14-8-6-13(18-2)11-16(14)19-3/h6,8,11-12,15,17H,4-5,7,9-10H2,1-3H3. The van der Waals surface area contributed by atoms with Gasteiger partial charge in [0, 0.05) is 24.3 Å². The summed E-state index contributed by atoms with van der Waals surface area (Å²) in [6, 6.07) is 6.27. The molecule has 1 aromatic rings. The van der Waals surface area contributed by atoms with Crippen LogP contribution in [0.5, 0.6) is 11.5 Å². The fraction of sp³-hybridized carbons (Fsp3) is 0.625. The lowest BCUT2D eigenvalue weighted by atomic mass is 9.98. The lowest BCUT2D eigenvalue weighted by Gasteiger charge is -2.21. The highest BCUT2D eigenvalue weighted by atomic mass is 16.5. The SMILES string of the molecule is CNC(CCC1CCCO1)c1ccc(OC)cc1OC. The topological polar surface area (TPSA) is 39.7 Å². The number of hydrogen-bond acceptors (Lipinski definition) is 4. The highest BCUT2D eigenvalue weighted by molar-refractivity contribution is 5.42. The van der Waals surface area contributed by atoms with E-state index in [9.17, 15) is 0 Å². The van der Waals surface area contributed by atoms with Crippen LogP contribution in [0.25, 0.3) is 0 Å². The Morgan fingerprint density at radius 2 is 2.20 bits per heavy atom. The van der Waals surface area contributed by atoms with Crippen LogP contribution in [-0.4, -0.2) is 34.0 Å². The summed E-state index contributed by atoms with van der Waals surface area (Å²) in [5.74, 6) is 1.69. The number of ether oxygens (including phenoxy) is 3. The molecule has 1 aliphatic rings. The number of nitrogens with one attached hydrogen (secondary N) is 1. The minimum absolute atomic E-state index is 0.278. The summed E-state index contributed by atoms with van der Waals surface area (Å²) in [5.41, 5.74) is 1.17. The van der Waals surface area contributed by atoms with Crippen molar-refractivity contribution < 1.29 is 14.2 Å². The second kappa shape index (κ2) is 7.50. The minimum atomic E-state index is 0.278. The van der Waals surface area contributed by atoms with Crippen LogP contribution in [0.1, 0.15) is 37.3 Å². The second-order valence-electron chi connectivity index (χ2n) is 5.16. The normalized spacial score (nSPS) is 19.9. The molecule has 0 aliphatic carbocycles. The van der Waals surface area contributed by atoms with Gasteiger partial charge in [0.15, 0.2) is 0 Å². The molecule has 2 atom stereocenters. The van der Waals surface area contributed by atoms with Crippen molar-refractivity contribution in [1.29, 1.82) is 0 Å². The molecule has 1 heterocycles. The summed E-state index contributed by atoms with van der Waals surface area (Å²) in [4.78, 5) is 0. The third-order valence-corrected chi connectivity index (χ3v) is 3.97. The van der Waals surface area contributed by atoms with Gasteiger partial charge >= 0.3 is 0 Å². The Balaban J connectivity index is 2.05. The van der Waals surface area contributed by atoms with E-state index in [0.717, 1.165) is 30.9 Å². The average Bonchev–Trinajstić information content (AvgIpc) is 3.01. The minimum Gasteiger partial charge on any atom is -0.497 e. The zero-order chi connectivity index (χ0) is 14.4.